The van der Waals surface area contributed by atoms with Crippen LogP contribution in [0.25, 0.3) is 0 Å². The standard InChI is InChI=1S/C21H21F3N2O4/c1-3-20(14-8-10-16(30-2)11-9-14)18(28)26(19(29)25-20)12-17(27)13-4-6-15(7-5-13)21(22,23)24/h4-11,17,27H,3,12H2,1-2H3,(H,25,29). The van der Waals surface area contributed by atoms with Gasteiger partial charge in [-0.15, -0.1) is 0 Å². The fourth-order valence-electron chi connectivity index (χ4n) is 3.48. The van der Waals surface area contributed by atoms with Gasteiger partial charge in [-0.25, -0.2) is 4.79 Å². The normalized spacial score (nSPS) is 20.3. The van der Waals surface area contributed by atoms with Crippen molar-refractivity contribution in [1.82, 2.24) is 10.2 Å². The Morgan fingerprint density at radius 3 is 2.20 bits per heavy atom. The molecule has 0 bridgehead atoms. The van der Waals surface area contributed by atoms with Gasteiger partial charge in [0, 0.05) is 0 Å². The topological polar surface area (TPSA) is 78.9 Å². The van der Waals surface area contributed by atoms with Crippen molar-refractivity contribution in [2.75, 3.05) is 13.7 Å². The van der Waals surface area contributed by atoms with Crippen molar-refractivity contribution < 1.29 is 32.6 Å². The number of aliphatic hydroxyl groups excluding tert-OH is 1. The van der Waals surface area contributed by atoms with E-state index in [1.54, 1.807) is 31.2 Å². The largest absolute Gasteiger partial charge is 0.497 e. The summed E-state index contributed by atoms with van der Waals surface area (Å²) in [6.45, 7) is 1.37. The average Bonchev–Trinajstić information content (AvgIpc) is 2.98. The summed E-state index contributed by atoms with van der Waals surface area (Å²) in [6.07, 6.45) is -5.55. The van der Waals surface area contributed by atoms with E-state index < -0.39 is 35.3 Å². The highest BCUT2D eigenvalue weighted by Gasteiger charge is 2.51. The molecule has 1 aliphatic heterocycles. The predicted molar refractivity (Wildman–Crippen MR) is 102 cm³/mol. The van der Waals surface area contributed by atoms with Crippen molar-refractivity contribution in [3.8, 4) is 5.75 Å². The van der Waals surface area contributed by atoms with Gasteiger partial charge in [-0.3, -0.25) is 9.69 Å². The van der Waals surface area contributed by atoms with E-state index >= 15 is 0 Å². The summed E-state index contributed by atoms with van der Waals surface area (Å²) in [5.74, 6) is 0.0579. The molecule has 1 heterocycles. The minimum Gasteiger partial charge on any atom is -0.497 e. The van der Waals surface area contributed by atoms with Gasteiger partial charge < -0.3 is 15.2 Å². The molecule has 1 saturated heterocycles. The highest BCUT2D eigenvalue weighted by atomic mass is 19.4. The summed E-state index contributed by atoms with van der Waals surface area (Å²) >= 11 is 0. The molecular formula is C21H21F3N2O4. The number of rotatable bonds is 6. The number of methoxy groups -OCH3 is 1. The lowest BCUT2D eigenvalue weighted by Gasteiger charge is -2.26. The summed E-state index contributed by atoms with van der Waals surface area (Å²) in [6, 6.07) is 9.97. The van der Waals surface area contributed by atoms with Gasteiger partial charge in [0.25, 0.3) is 5.91 Å². The Morgan fingerprint density at radius 2 is 1.70 bits per heavy atom. The van der Waals surface area contributed by atoms with Crippen molar-refractivity contribution in [1.29, 1.82) is 0 Å². The summed E-state index contributed by atoms with van der Waals surface area (Å²) in [5.41, 5.74) is -1.40. The summed E-state index contributed by atoms with van der Waals surface area (Å²) < 4.78 is 43.2. The van der Waals surface area contributed by atoms with E-state index in [2.05, 4.69) is 5.32 Å². The van der Waals surface area contributed by atoms with Crippen LogP contribution in [0.5, 0.6) is 5.75 Å². The second kappa shape index (κ2) is 7.98. The number of nitrogens with zero attached hydrogens (tertiary/aromatic N) is 1. The molecule has 1 fully saturated rings. The SMILES string of the molecule is CCC1(c2ccc(OC)cc2)NC(=O)N(CC(O)c2ccc(C(F)(F)F)cc2)C1=O. The van der Waals surface area contributed by atoms with E-state index in [9.17, 15) is 27.9 Å². The van der Waals surface area contributed by atoms with Crippen LogP contribution in [-0.2, 0) is 16.5 Å². The summed E-state index contributed by atoms with van der Waals surface area (Å²) in [4.78, 5) is 26.5. The molecule has 2 aromatic rings. The van der Waals surface area contributed by atoms with Gasteiger partial charge >= 0.3 is 12.2 Å². The lowest BCUT2D eigenvalue weighted by molar-refractivity contribution is -0.137. The monoisotopic (exact) mass is 422 g/mol. The number of hydrogen-bond acceptors (Lipinski definition) is 4. The maximum absolute atomic E-state index is 13.1. The smallest absolute Gasteiger partial charge is 0.416 e. The van der Waals surface area contributed by atoms with Crippen LogP contribution in [0.1, 0.15) is 36.1 Å². The predicted octanol–water partition coefficient (Wildman–Crippen LogP) is 3.60. The number of amides is 3. The third-order valence-corrected chi connectivity index (χ3v) is 5.27. The van der Waals surface area contributed by atoms with Crippen molar-refractivity contribution in [2.45, 2.75) is 31.2 Å². The van der Waals surface area contributed by atoms with E-state index in [1.807, 2.05) is 0 Å². The van der Waals surface area contributed by atoms with Crippen LogP contribution in [0.4, 0.5) is 18.0 Å². The molecule has 9 heteroatoms. The number of halogens is 3. The number of urea groups is 1. The molecule has 0 aromatic heterocycles. The molecule has 1 aliphatic rings. The minimum absolute atomic E-state index is 0.169. The number of alkyl halides is 3. The van der Waals surface area contributed by atoms with E-state index in [-0.39, 0.29) is 18.5 Å². The zero-order valence-corrected chi connectivity index (χ0v) is 16.4. The second-order valence-electron chi connectivity index (χ2n) is 6.97. The molecule has 30 heavy (non-hydrogen) atoms. The Balaban J connectivity index is 1.81. The van der Waals surface area contributed by atoms with Gasteiger partial charge in [0.15, 0.2) is 0 Å². The molecule has 2 N–H and O–H groups in total. The number of carbonyl (C=O) groups is 2. The Labute approximate surface area is 171 Å². The van der Waals surface area contributed by atoms with Crippen LogP contribution >= 0.6 is 0 Å². The molecule has 3 amide bonds. The first-order valence-electron chi connectivity index (χ1n) is 9.26. The third kappa shape index (κ3) is 3.85. The Bertz CT molecular complexity index is 929. The molecule has 0 spiro atoms. The van der Waals surface area contributed by atoms with E-state index in [4.69, 9.17) is 4.74 Å². The van der Waals surface area contributed by atoms with Crippen LogP contribution in [0.3, 0.4) is 0 Å². The van der Waals surface area contributed by atoms with Gasteiger partial charge in [-0.2, -0.15) is 13.2 Å². The van der Waals surface area contributed by atoms with Gasteiger partial charge in [-0.1, -0.05) is 31.2 Å². The fourth-order valence-corrected chi connectivity index (χ4v) is 3.48. The molecule has 0 radical (unpaired) electrons. The molecule has 2 aromatic carbocycles. The summed E-state index contributed by atoms with van der Waals surface area (Å²) in [7, 11) is 1.51. The highest BCUT2D eigenvalue weighted by molar-refractivity contribution is 6.07. The van der Waals surface area contributed by atoms with Crippen LogP contribution in [0.2, 0.25) is 0 Å². The summed E-state index contributed by atoms with van der Waals surface area (Å²) in [5, 5.41) is 13.1. The molecule has 3 rings (SSSR count). The number of carbonyl (C=O) groups excluding carboxylic acids is 2. The number of nitrogens with one attached hydrogen (secondary N) is 1. The van der Waals surface area contributed by atoms with E-state index in [0.29, 0.717) is 11.3 Å². The number of benzene rings is 2. The van der Waals surface area contributed by atoms with Crippen molar-refractivity contribution in [3.63, 3.8) is 0 Å². The number of hydrogen-bond donors (Lipinski definition) is 2. The molecule has 6 nitrogen and oxygen atoms in total. The van der Waals surface area contributed by atoms with Crippen LogP contribution < -0.4 is 10.1 Å². The number of aliphatic hydroxyl groups is 1. The first-order valence-corrected chi connectivity index (χ1v) is 9.26. The first-order chi connectivity index (χ1) is 14.1. The van der Waals surface area contributed by atoms with Gasteiger partial charge in [0.2, 0.25) is 0 Å². The van der Waals surface area contributed by atoms with Crippen LogP contribution in [0, 0.1) is 0 Å². The maximum Gasteiger partial charge on any atom is 0.416 e. The number of imide groups is 1. The van der Waals surface area contributed by atoms with E-state index in [0.717, 1.165) is 29.2 Å². The van der Waals surface area contributed by atoms with Gasteiger partial charge in [0.1, 0.15) is 11.3 Å². The zero-order chi connectivity index (χ0) is 22.1. The number of β-amino-alcohol motifs (C(OH)–C–C–N with tert-alkyl or cyclic N) is 1. The van der Waals surface area contributed by atoms with Crippen molar-refractivity contribution >= 4 is 11.9 Å². The lowest BCUT2D eigenvalue weighted by Crippen LogP contribution is -2.43. The Morgan fingerprint density at radius 1 is 1.10 bits per heavy atom. The highest BCUT2D eigenvalue weighted by Crippen LogP contribution is 2.35. The Kier molecular flexibility index (Phi) is 5.76. The molecular weight excluding hydrogens is 401 g/mol. The molecule has 160 valence electrons. The minimum atomic E-state index is -4.49. The van der Waals surface area contributed by atoms with Crippen LogP contribution in [-0.4, -0.2) is 35.6 Å². The third-order valence-electron chi connectivity index (χ3n) is 5.27. The molecule has 0 aliphatic carbocycles. The van der Waals surface area contributed by atoms with Gasteiger partial charge in [-0.05, 0) is 41.8 Å². The average molecular weight is 422 g/mol. The Hall–Kier alpha value is -3.07. The quantitative estimate of drug-likeness (QED) is 0.698. The maximum atomic E-state index is 13.1. The lowest BCUT2D eigenvalue weighted by atomic mass is 9.87. The first kappa shape index (κ1) is 21.6. The van der Waals surface area contributed by atoms with Crippen molar-refractivity contribution in [2.24, 2.45) is 0 Å². The van der Waals surface area contributed by atoms with Crippen molar-refractivity contribution in [3.05, 3.63) is 65.2 Å². The van der Waals surface area contributed by atoms with Crippen LogP contribution in [0.15, 0.2) is 48.5 Å². The zero-order valence-electron chi connectivity index (χ0n) is 16.4. The fraction of sp³-hybridized carbons (Fsp3) is 0.333. The number of ether oxygens (including phenoxy) is 1. The second-order valence-corrected chi connectivity index (χ2v) is 6.97. The van der Waals surface area contributed by atoms with E-state index in [1.165, 1.54) is 7.11 Å². The molecule has 2 atom stereocenters. The molecule has 0 saturated carbocycles. The molecule has 2 unspecified atom stereocenters. The van der Waals surface area contributed by atoms with Gasteiger partial charge in [0.05, 0.1) is 25.3 Å².